The smallest absolute Gasteiger partial charge is 0.300 e. The highest BCUT2D eigenvalue weighted by atomic mass is 35.5. The molecule has 1 atom stereocenters. The molecule has 0 aliphatic carbocycles. The molecule has 1 saturated heterocycles. The number of ketones is 1. The van der Waals surface area contributed by atoms with Gasteiger partial charge in [-0.05, 0) is 66.2 Å². The number of anilines is 1. The van der Waals surface area contributed by atoms with Gasteiger partial charge < -0.3 is 9.84 Å². The zero-order valence-corrected chi connectivity index (χ0v) is 17.1. The first-order valence-corrected chi connectivity index (χ1v) is 9.75. The number of benzene rings is 3. The number of rotatable bonds is 4. The number of hydrogen-bond donors (Lipinski definition) is 1. The van der Waals surface area contributed by atoms with Gasteiger partial charge in [0.25, 0.3) is 11.7 Å². The van der Waals surface area contributed by atoms with Crippen molar-refractivity contribution in [1.82, 2.24) is 0 Å². The third kappa shape index (κ3) is 3.78. The predicted octanol–water partition coefficient (Wildman–Crippen LogP) is 5.11. The molecule has 1 fully saturated rings. The normalized spacial score (nSPS) is 17.8. The first-order valence-electron chi connectivity index (χ1n) is 9.37. The summed E-state index contributed by atoms with van der Waals surface area (Å²) in [5.74, 6) is -1.84. The lowest BCUT2D eigenvalue weighted by Gasteiger charge is -2.25. The van der Waals surface area contributed by atoms with Crippen molar-refractivity contribution < 1.29 is 23.8 Å². The number of carbonyl (C=O) groups is 2. The zero-order chi connectivity index (χ0) is 22.1. The molecule has 3 aromatic carbocycles. The van der Waals surface area contributed by atoms with Gasteiger partial charge in [0.1, 0.15) is 17.3 Å². The van der Waals surface area contributed by atoms with Crippen LogP contribution in [0.2, 0.25) is 5.02 Å². The number of Topliss-reactive ketones (excluding diaryl/α,β-unsaturated/α-hetero) is 1. The second-order valence-corrected chi connectivity index (χ2v) is 7.36. The summed E-state index contributed by atoms with van der Waals surface area (Å²) >= 11 is 5.92. The van der Waals surface area contributed by atoms with E-state index >= 15 is 0 Å². The van der Waals surface area contributed by atoms with Crippen LogP contribution in [0, 0.1) is 5.82 Å². The summed E-state index contributed by atoms with van der Waals surface area (Å²) in [6.07, 6.45) is 0. The fraction of sp³-hybridized carbons (Fsp3) is 0.0833. The number of aliphatic hydroxyl groups is 1. The van der Waals surface area contributed by atoms with E-state index in [0.29, 0.717) is 27.6 Å². The van der Waals surface area contributed by atoms with E-state index in [4.69, 9.17) is 16.3 Å². The van der Waals surface area contributed by atoms with E-state index in [1.807, 2.05) is 0 Å². The van der Waals surface area contributed by atoms with Crippen LogP contribution < -0.4 is 9.64 Å². The Hall–Kier alpha value is -3.64. The number of aliphatic hydroxyl groups excluding tert-OH is 1. The van der Waals surface area contributed by atoms with Gasteiger partial charge in [-0.2, -0.15) is 0 Å². The third-order valence-electron chi connectivity index (χ3n) is 5.10. The van der Waals surface area contributed by atoms with E-state index in [9.17, 15) is 19.1 Å². The Bertz CT molecular complexity index is 1170. The molecule has 31 heavy (non-hydrogen) atoms. The first-order chi connectivity index (χ1) is 14.9. The Morgan fingerprint density at radius 2 is 1.58 bits per heavy atom. The van der Waals surface area contributed by atoms with E-state index in [2.05, 4.69) is 0 Å². The number of nitrogens with zero attached hydrogens (tertiary/aromatic N) is 1. The Balaban J connectivity index is 1.91. The lowest BCUT2D eigenvalue weighted by atomic mass is 9.95. The standard InChI is InChI=1S/C24H17ClFNO4/c1-31-19-12-10-18(11-13-19)27-21(14-4-8-17(26)9-5-14)20(23(29)24(27)30)22(28)15-2-6-16(25)7-3-15/h2-13,21,28H,1H3/b22-20+/t21-/m0/s1. The van der Waals surface area contributed by atoms with Crippen LogP contribution in [-0.2, 0) is 9.59 Å². The minimum atomic E-state index is -0.940. The van der Waals surface area contributed by atoms with Gasteiger partial charge in [0, 0.05) is 16.3 Å². The average Bonchev–Trinajstić information content (AvgIpc) is 3.05. The lowest BCUT2D eigenvalue weighted by molar-refractivity contribution is -0.132. The van der Waals surface area contributed by atoms with Crippen LogP contribution in [0.4, 0.5) is 10.1 Å². The van der Waals surface area contributed by atoms with Crippen molar-refractivity contribution >= 4 is 34.7 Å². The molecule has 0 unspecified atom stereocenters. The van der Waals surface area contributed by atoms with E-state index in [1.54, 1.807) is 48.5 Å². The van der Waals surface area contributed by atoms with Crippen LogP contribution in [-0.4, -0.2) is 23.9 Å². The molecule has 0 saturated carbocycles. The van der Waals surface area contributed by atoms with Crippen LogP contribution in [0.5, 0.6) is 5.75 Å². The van der Waals surface area contributed by atoms with Gasteiger partial charge >= 0.3 is 0 Å². The van der Waals surface area contributed by atoms with Crippen LogP contribution in [0.15, 0.2) is 78.4 Å². The van der Waals surface area contributed by atoms with Crippen molar-refractivity contribution in [1.29, 1.82) is 0 Å². The van der Waals surface area contributed by atoms with Gasteiger partial charge in [-0.1, -0.05) is 23.7 Å². The third-order valence-corrected chi connectivity index (χ3v) is 5.35. The zero-order valence-electron chi connectivity index (χ0n) is 16.4. The number of ether oxygens (including phenoxy) is 1. The van der Waals surface area contributed by atoms with Gasteiger partial charge in [-0.15, -0.1) is 0 Å². The minimum Gasteiger partial charge on any atom is -0.507 e. The Morgan fingerprint density at radius 1 is 0.968 bits per heavy atom. The van der Waals surface area contributed by atoms with Gasteiger partial charge in [0.2, 0.25) is 0 Å². The Kier molecular flexibility index (Phi) is 5.48. The van der Waals surface area contributed by atoms with Gasteiger partial charge in [-0.3, -0.25) is 14.5 Å². The molecule has 0 aromatic heterocycles. The molecule has 1 heterocycles. The second kappa shape index (κ2) is 8.24. The van der Waals surface area contributed by atoms with Crippen molar-refractivity contribution in [3.05, 3.63) is 100 Å². The molecular weight excluding hydrogens is 421 g/mol. The molecule has 156 valence electrons. The quantitative estimate of drug-likeness (QED) is 0.350. The van der Waals surface area contributed by atoms with Crippen molar-refractivity contribution in [2.75, 3.05) is 12.0 Å². The first kappa shape index (κ1) is 20.6. The van der Waals surface area contributed by atoms with E-state index in [-0.39, 0.29) is 11.3 Å². The largest absolute Gasteiger partial charge is 0.507 e. The summed E-state index contributed by atoms with van der Waals surface area (Å²) < 4.78 is 18.7. The average molecular weight is 438 g/mol. The highest BCUT2D eigenvalue weighted by molar-refractivity contribution is 6.51. The maximum Gasteiger partial charge on any atom is 0.300 e. The van der Waals surface area contributed by atoms with E-state index < -0.39 is 23.5 Å². The van der Waals surface area contributed by atoms with Gasteiger partial charge in [-0.25, -0.2) is 4.39 Å². The summed E-state index contributed by atoms with van der Waals surface area (Å²) in [7, 11) is 1.52. The molecular formula is C24H17ClFNO4. The SMILES string of the molecule is COc1ccc(N2C(=O)C(=O)/C(=C(/O)c3ccc(Cl)cc3)[C@@H]2c2ccc(F)cc2)cc1. The molecule has 3 aromatic rings. The van der Waals surface area contributed by atoms with E-state index in [0.717, 1.165) is 0 Å². The monoisotopic (exact) mass is 437 g/mol. The topological polar surface area (TPSA) is 66.8 Å². The number of amides is 1. The number of methoxy groups -OCH3 is 1. The molecule has 1 N–H and O–H groups in total. The summed E-state index contributed by atoms with van der Waals surface area (Å²) in [4.78, 5) is 27.3. The molecule has 0 bridgehead atoms. The molecule has 0 radical (unpaired) electrons. The van der Waals surface area contributed by atoms with Crippen LogP contribution in [0.3, 0.4) is 0 Å². The second-order valence-electron chi connectivity index (χ2n) is 6.93. The lowest BCUT2D eigenvalue weighted by Crippen LogP contribution is -2.29. The fourth-order valence-corrected chi connectivity index (χ4v) is 3.69. The fourth-order valence-electron chi connectivity index (χ4n) is 3.57. The maximum atomic E-state index is 13.6. The number of hydrogen-bond acceptors (Lipinski definition) is 4. The van der Waals surface area contributed by atoms with E-state index in [1.165, 1.54) is 36.3 Å². The van der Waals surface area contributed by atoms with Crippen molar-refractivity contribution in [3.63, 3.8) is 0 Å². The number of halogens is 2. The molecule has 5 nitrogen and oxygen atoms in total. The molecule has 0 spiro atoms. The van der Waals surface area contributed by atoms with Gasteiger partial charge in [0.15, 0.2) is 0 Å². The predicted molar refractivity (Wildman–Crippen MR) is 116 cm³/mol. The van der Waals surface area contributed by atoms with Gasteiger partial charge in [0.05, 0.1) is 18.7 Å². The minimum absolute atomic E-state index is 0.0882. The summed E-state index contributed by atoms with van der Waals surface area (Å²) in [6, 6.07) is 17.4. The molecule has 1 aliphatic rings. The summed E-state index contributed by atoms with van der Waals surface area (Å²) in [6.45, 7) is 0. The van der Waals surface area contributed by atoms with Crippen molar-refractivity contribution in [2.45, 2.75) is 6.04 Å². The van der Waals surface area contributed by atoms with Crippen LogP contribution >= 0.6 is 11.6 Å². The molecule has 1 amide bonds. The summed E-state index contributed by atoms with van der Waals surface area (Å²) in [5, 5.41) is 11.4. The Labute approximate surface area is 182 Å². The molecule has 1 aliphatic heterocycles. The molecule has 4 rings (SSSR count). The highest BCUT2D eigenvalue weighted by Gasteiger charge is 2.46. The Morgan fingerprint density at radius 3 is 2.16 bits per heavy atom. The highest BCUT2D eigenvalue weighted by Crippen LogP contribution is 2.42. The maximum absolute atomic E-state index is 13.6. The molecule has 7 heteroatoms. The van der Waals surface area contributed by atoms with Crippen LogP contribution in [0.25, 0.3) is 5.76 Å². The summed E-state index contributed by atoms with van der Waals surface area (Å²) in [5.41, 5.74) is 1.17. The van der Waals surface area contributed by atoms with Crippen LogP contribution in [0.1, 0.15) is 17.2 Å². The van der Waals surface area contributed by atoms with Crippen molar-refractivity contribution in [3.8, 4) is 5.75 Å². The number of carbonyl (C=O) groups excluding carboxylic acids is 2. The van der Waals surface area contributed by atoms with Crippen molar-refractivity contribution in [2.24, 2.45) is 0 Å².